The Morgan fingerprint density at radius 3 is 2.85 bits per heavy atom. The summed E-state index contributed by atoms with van der Waals surface area (Å²) < 4.78 is 0.952. The number of hydrogen-bond donors (Lipinski definition) is 2. The van der Waals surface area contributed by atoms with Gasteiger partial charge in [-0.05, 0) is 23.6 Å². The smallest absolute Gasteiger partial charge is 0.227 e. The van der Waals surface area contributed by atoms with Gasteiger partial charge in [-0.3, -0.25) is 4.79 Å². The summed E-state index contributed by atoms with van der Waals surface area (Å²) >= 11 is 7.33. The molecular formula is C14H18ClN3OS. The van der Waals surface area contributed by atoms with Gasteiger partial charge in [0.05, 0.1) is 10.2 Å². The monoisotopic (exact) mass is 311 g/mol. The summed E-state index contributed by atoms with van der Waals surface area (Å²) in [6, 6.07) is 5.27. The summed E-state index contributed by atoms with van der Waals surface area (Å²) in [5.41, 5.74) is 6.73. The van der Waals surface area contributed by atoms with Gasteiger partial charge in [-0.1, -0.05) is 43.7 Å². The minimum atomic E-state index is -0.189. The van der Waals surface area contributed by atoms with Crippen LogP contribution in [0.15, 0.2) is 18.2 Å². The van der Waals surface area contributed by atoms with Crippen molar-refractivity contribution in [3.05, 3.63) is 23.2 Å². The van der Waals surface area contributed by atoms with Gasteiger partial charge in [0.15, 0.2) is 5.13 Å². The van der Waals surface area contributed by atoms with Gasteiger partial charge < -0.3 is 11.1 Å². The molecule has 0 aliphatic heterocycles. The van der Waals surface area contributed by atoms with Gasteiger partial charge in [-0.2, -0.15) is 0 Å². The second kappa shape index (κ2) is 5.68. The fraction of sp³-hybridized carbons (Fsp3) is 0.429. The van der Waals surface area contributed by atoms with E-state index in [0.717, 1.165) is 10.2 Å². The number of nitrogens with zero attached hydrogens (tertiary/aromatic N) is 1. The van der Waals surface area contributed by atoms with Crippen LogP contribution >= 0.6 is 22.9 Å². The van der Waals surface area contributed by atoms with Crippen molar-refractivity contribution < 1.29 is 4.79 Å². The molecule has 1 amide bonds. The molecule has 4 nitrogen and oxygen atoms in total. The highest BCUT2D eigenvalue weighted by atomic mass is 35.5. The molecule has 0 radical (unpaired) electrons. The fourth-order valence-corrected chi connectivity index (χ4v) is 2.79. The molecule has 1 aromatic heterocycles. The van der Waals surface area contributed by atoms with Crippen LogP contribution in [0.3, 0.4) is 0 Å². The predicted octanol–water partition coefficient (Wildman–Crippen LogP) is 3.65. The molecule has 108 valence electrons. The normalized spacial score (nSPS) is 13.4. The van der Waals surface area contributed by atoms with E-state index in [1.54, 1.807) is 6.07 Å². The van der Waals surface area contributed by atoms with Gasteiger partial charge in [0.2, 0.25) is 5.91 Å². The lowest BCUT2D eigenvalue weighted by atomic mass is 9.85. The second-order valence-corrected chi connectivity index (χ2v) is 7.32. The number of anilines is 1. The highest BCUT2D eigenvalue weighted by Crippen LogP contribution is 2.28. The zero-order chi connectivity index (χ0) is 14.9. The Morgan fingerprint density at radius 1 is 1.50 bits per heavy atom. The average molecular weight is 312 g/mol. The van der Waals surface area contributed by atoms with Crippen LogP contribution in [0.25, 0.3) is 10.2 Å². The van der Waals surface area contributed by atoms with E-state index >= 15 is 0 Å². The molecule has 2 rings (SSSR count). The number of fused-ring (bicyclic) bond motifs is 1. The highest BCUT2D eigenvalue weighted by Gasteiger charge is 2.23. The van der Waals surface area contributed by atoms with Gasteiger partial charge in [0.1, 0.15) is 0 Å². The summed E-state index contributed by atoms with van der Waals surface area (Å²) in [4.78, 5) is 16.3. The summed E-state index contributed by atoms with van der Waals surface area (Å²) in [5.74, 6) is -0.113. The van der Waals surface area contributed by atoms with Crippen LogP contribution in [-0.2, 0) is 4.79 Å². The number of carbonyl (C=O) groups excluding carboxylic acids is 1. The van der Waals surface area contributed by atoms with Crippen LogP contribution in [0.1, 0.15) is 27.2 Å². The van der Waals surface area contributed by atoms with Gasteiger partial charge in [-0.25, -0.2) is 4.98 Å². The van der Waals surface area contributed by atoms with Crippen LogP contribution in [0.4, 0.5) is 5.13 Å². The molecular weight excluding hydrogens is 294 g/mol. The lowest BCUT2D eigenvalue weighted by molar-refractivity contribution is -0.117. The molecule has 0 spiro atoms. The van der Waals surface area contributed by atoms with E-state index in [4.69, 9.17) is 17.3 Å². The molecule has 6 heteroatoms. The highest BCUT2D eigenvalue weighted by molar-refractivity contribution is 7.22. The number of nitrogens with one attached hydrogen (secondary N) is 1. The minimum Gasteiger partial charge on any atom is -0.327 e. The maximum atomic E-state index is 12.0. The Bertz CT molecular complexity index is 633. The first-order valence-electron chi connectivity index (χ1n) is 6.37. The van der Waals surface area contributed by atoms with Crippen molar-refractivity contribution in [3.63, 3.8) is 0 Å². The summed E-state index contributed by atoms with van der Waals surface area (Å²) in [6.45, 7) is 6.06. The van der Waals surface area contributed by atoms with Crippen LogP contribution in [0.2, 0.25) is 5.02 Å². The van der Waals surface area contributed by atoms with E-state index in [-0.39, 0.29) is 23.8 Å². The van der Waals surface area contributed by atoms with E-state index in [1.165, 1.54) is 11.3 Å². The Hall–Kier alpha value is -1.17. The molecule has 1 unspecified atom stereocenters. The van der Waals surface area contributed by atoms with E-state index < -0.39 is 0 Å². The fourth-order valence-electron chi connectivity index (χ4n) is 1.63. The number of aromatic nitrogens is 1. The van der Waals surface area contributed by atoms with Crippen molar-refractivity contribution in [3.8, 4) is 0 Å². The molecule has 0 aliphatic rings. The lowest BCUT2D eigenvalue weighted by Gasteiger charge is -2.26. The maximum absolute atomic E-state index is 12.0. The van der Waals surface area contributed by atoms with Crippen molar-refractivity contribution in [2.24, 2.45) is 11.1 Å². The molecule has 0 fully saturated rings. The molecule has 2 aromatic rings. The zero-order valence-corrected chi connectivity index (χ0v) is 13.3. The third-order valence-electron chi connectivity index (χ3n) is 3.11. The zero-order valence-electron chi connectivity index (χ0n) is 11.7. The van der Waals surface area contributed by atoms with E-state index in [1.807, 2.05) is 32.9 Å². The largest absolute Gasteiger partial charge is 0.327 e. The molecule has 0 bridgehead atoms. The number of hydrogen-bond acceptors (Lipinski definition) is 4. The number of nitrogens with two attached hydrogens (primary N) is 1. The molecule has 3 N–H and O–H groups in total. The van der Waals surface area contributed by atoms with Gasteiger partial charge in [0, 0.05) is 17.5 Å². The van der Waals surface area contributed by atoms with Crippen molar-refractivity contribution in [2.75, 3.05) is 5.32 Å². The van der Waals surface area contributed by atoms with Crippen molar-refractivity contribution in [1.29, 1.82) is 0 Å². The van der Waals surface area contributed by atoms with E-state index in [9.17, 15) is 4.79 Å². The number of halogens is 1. The Morgan fingerprint density at radius 2 is 2.20 bits per heavy atom. The third kappa shape index (κ3) is 3.69. The number of benzene rings is 1. The number of rotatable bonds is 3. The number of thiazole rings is 1. The first kappa shape index (κ1) is 15.2. The van der Waals surface area contributed by atoms with Gasteiger partial charge in [0.25, 0.3) is 0 Å². The maximum Gasteiger partial charge on any atom is 0.227 e. The van der Waals surface area contributed by atoms with E-state index in [2.05, 4.69) is 10.3 Å². The lowest BCUT2D eigenvalue weighted by Crippen LogP contribution is -2.38. The molecule has 20 heavy (non-hydrogen) atoms. The SMILES string of the molecule is CC(C)(C)C(N)CC(=O)Nc1nc2ccc(Cl)cc2s1. The molecule has 0 saturated carbocycles. The Balaban J connectivity index is 2.06. The van der Waals surface area contributed by atoms with Crippen LogP contribution in [-0.4, -0.2) is 16.9 Å². The third-order valence-corrected chi connectivity index (χ3v) is 4.28. The van der Waals surface area contributed by atoms with Crippen LogP contribution in [0, 0.1) is 5.41 Å². The van der Waals surface area contributed by atoms with Gasteiger partial charge in [-0.15, -0.1) is 0 Å². The standard InChI is InChI=1S/C14H18ClN3OS/c1-14(2,3)11(16)7-12(19)18-13-17-9-5-4-8(15)6-10(9)20-13/h4-6,11H,7,16H2,1-3H3,(H,17,18,19). The van der Waals surface area contributed by atoms with Crippen molar-refractivity contribution >= 4 is 44.2 Å². The Labute approximate surface area is 127 Å². The molecule has 0 aliphatic carbocycles. The minimum absolute atomic E-state index is 0.0988. The Kier molecular flexibility index (Phi) is 4.32. The van der Waals surface area contributed by atoms with Crippen LogP contribution in [0.5, 0.6) is 0 Å². The molecule has 0 saturated heterocycles. The summed E-state index contributed by atoms with van der Waals surface area (Å²) in [6.07, 6.45) is 0.278. The predicted molar refractivity (Wildman–Crippen MR) is 85.3 cm³/mol. The number of amides is 1. The van der Waals surface area contributed by atoms with E-state index in [0.29, 0.717) is 10.2 Å². The quantitative estimate of drug-likeness (QED) is 0.909. The van der Waals surface area contributed by atoms with Gasteiger partial charge >= 0.3 is 0 Å². The summed E-state index contributed by atoms with van der Waals surface area (Å²) in [5, 5.41) is 4.04. The second-order valence-electron chi connectivity index (χ2n) is 5.86. The first-order valence-corrected chi connectivity index (χ1v) is 7.56. The first-order chi connectivity index (χ1) is 9.25. The molecule has 1 atom stereocenters. The van der Waals surface area contributed by atoms with Crippen molar-refractivity contribution in [2.45, 2.75) is 33.2 Å². The average Bonchev–Trinajstić information content (AvgIpc) is 2.68. The molecule has 1 aromatic carbocycles. The topological polar surface area (TPSA) is 68.0 Å². The number of carbonyl (C=O) groups is 1. The van der Waals surface area contributed by atoms with Crippen molar-refractivity contribution in [1.82, 2.24) is 4.98 Å². The van der Waals surface area contributed by atoms with Crippen LogP contribution < -0.4 is 11.1 Å². The molecule has 1 heterocycles. The summed E-state index contributed by atoms with van der Waals surface area (Å²) in [7, 11) is 0.